The molecule has 0 heterocycles. The van der Waals surface area contributed by atoms with Crippen LogP contribution in [-0.4, -0.2) is 0 Å². The fourth-order valence-corrected chi connectivity index (χ4v) is 13.6. The van der Waals surface area contributed by atoms with E-state index in [9.17, 15) is 0 Å². The van der Waals surface area contributed by atoms with Crippen molar-refractivity contribution in [1.82, 2.24) is 0 Å². The minimum atomic E-state index is 0.0702. The quantitative estimate of drug-likeness (QED) is 0.163. The Bertz CT molecular complexity index is 2690. The lowest BCUT2D eigenvalue weighted by Gasteiger charge is -2.54. The first kappa shape index (κ1) is 35.3. The molecule has 0 saturated heterocycles. The second-order valence-electron chi connectivity index (χ2n) is 18.6. The first-order valence-corrected chi connectivity index (χ1v) is 22.7. The van der Waals surface area contributed by atoms with Crippen LogP contribution < -0.4 is 4.90 Å². The highest BCUT2D eigenvalue weighted by Gasteiger charge is 2.57. The molecule has 5 aliphatic carbocycles. The zero-order valence-electron chi connectivity index (χ0n) is 34.3. The van der Waals surface area contributed by atoms with Crippen LogP contribution >= 0.6 is 0 Å². The summed E-state index contributed by atoms with van der Waals surface area (Å²) in [4.78, 5) is 2.62. The molecule has 0 N–H and O–H groups in total. The highest BCUT2D eigenvalue weighted by Crippen LogP contribution is 2.66. The van der Waals surface area contributed by atoms with Crippen molar-refractivity contribution in [2.75, 3.05) is 4.90 Å². The summed E-state index contributed by atoms with van der Waals surface area (Å²) in [6.45, 7) is 2.47. The molecule has 0 amide bonds. The molecule has 0 radical (unpaired) electrons. The lowest BCUT2D eigenvalue weighted by molar-refractivity contribution is 0.0557. The van der Waals surface area contributed by atoms with E-state index < -0.39 is 0 Å². The second-order valence-corrected chi connectivity index (χ2v) is 18.6. The van der Waals surface area contributed by atoms with E-state index in [0.717, 1.165) is 5.92 Å². The summed E-state index contributed by atoms with van der Waals surface area (Å²) in [6, 6.07) is 63.0. The number of hydrogen-bond donors (Lipinski definition) is 0. The van der Waals surface area contributed by atoms with E-state index in [4.69, 9.17) is 0 Å². The van der Waals surface area contributed by atoms with Gasteiger partial charge in [0.2, 0.25) is 0 Å². The van der Waals surface area contributed by atoms with Crippen molar-refractivity contribution in [3.05, 3.63) is 186 Å². The number of benzene rings is 7. The summed E-state index contributed by atoms with van der Waals surface area (Å²) in [5.41, 5.74) is 21.0. The number of hydrogen-bond acceptors (Lipinski definition) is 1. The third-order valence-corrected chi connectivity index (χ3v) is 16.0. The van der Waals surface area contributed by atoms with Gasteiger partial charge in [-0.2, -0.15) is 0 Å². The number of nitrogens with zero attached hydrogens (tertiary/aromatic N) is 1. The normalized spacial score (nSPS) is 22.8. The SMILES string of the molecule is CCC1CC2CCCC(C2)C12c1ccccc1-c1c(N(c3ccc(-c4ccc(-c5ccccc5)cc4)cc3)c3ccc4c(c3)-c3ccccc3C43CCCC3)cccc12. The van der Waals surface area contributed by atoms with Gasteiger partial charge in [0.05, 0.1) is 5.69 Å². The van der Waals surface area contributed by atoms with Crippen LogP contribution in [0.5, 0.6) is 0 Å². The Kier molecular flexibility index (Phi) is 8.20. The molecule has 0 aromatic heterocycles. The summed E-state index contributed by atoms with van der Waals surface area (Å²) in [7, 11) is 0. The minimum Gasteiger partial charge on any atom is -0.310 e. The van der Waals surface area contributed by atoms with Gasteiger partial charge >= 0.3 is 0 Å². The Hall–Kier alpha value is -5.66. The molecule has 7 aromatic rings. The molecule has 59 heavy (non-hydrogen) atoms. The fourth-order valence-electron chi connectivity index (χ4n) is 13.6. The zero-order valence-corrected chi connectivity index (χ0v) is 34.3. The summed E-state index contributed by atoms with van der Waals surface area (Å²) in [5, 5.41) is 0. The Labute approximate surface area is 350 Å². The van der Waals surface area contributed by atoms with Gasteiger partial charge in [-0.1, -0.05) is 172 Å². The average molecular weight is 764 g/mol. The van der Waals surface area contributed by atoms with Crippen molar-refractivity contribution in [2.24, 2.45) is 17.8 Å². The Morgan fingerprint density at radius 3 is 1.85 bits per heavy atom. The van der Waals surface area contributed by atoms with Crippen LogP contribution in [0.15, 0.2) is 164 Å². The molecule has 3 saturated carbocycles. The monoisotopic (exact) mass is 763 g/mol. The summed E-state index contributed by atoms with van der Waals surface area (Å²) in [6.07, 6.45) is 13.2. The highest BCUT2D eigenvalue weighted by molar-refractivity contribution is 5.97. The van der Waals surface area contributed by atoms with Crippen LogP contribution in [-0.2, 0) is 10.8 Å². The largest absolute Gasteiger partial charge is 0.310 e. The first-order chi connectivity index (χ1) is 29.2. The van der Waals surface area contributed by atoms with Crippen molar-refractivity contribution in [1.29, 1.82) is 0 Å². The molecule has 1 heteroatoms. The molecular formula is C58H53N. The molecule has 0 aliphatic heterocycles. The average Bonchev–Trinajstić information content (AvgIpc) is 3.99. The predicted molar refractivity (Wildman–Crippen MR) is 247 cm³/mol. The molecule has 3 fully saturated rings. The van der Waals surface area contributed by atoms with Crippen LogP contribution in [0.3, 0.4) is 0 Å². The van der Waals surface area contributed by atoms with E-state index >= 15 is 0 Å². The van der Waals surface area contributed by atoms with Crippen LogP contribution in [0.25, 0.3) is 44.5 Å². The third kappa shape index (κ3) is 5.16. The molecule has 290 valence electrons. The summed E-state index contributed by atoms with van der Waals surface area (Å²) >= 11 is 0. The molecule has 2 spiro atoms. The van der Waals surface area contributed by atoms with E-state index in [-0.39, 0.29) is 10.8 Å². The Morgan fingerprint density at radius 1 is 0.492 bits per heavy atom. The third-order valence-electron chi connectivity index (χ3n) is 16.0. The standard InChI is InChI=1S/C58H53N/c1-2-44-36-39-14-12-17-45(37-39)58(44)53-21-9-7-19-49(53)56-54(58)22-13-23-55(56)59(46-30-28-43(29-31-46)42-26-24-41(25-27-42)40-15-4-3-5-16-40)47-32-33-52-50(38-47)48-18-6-8-20-51(48)57(52)34-10-11-35-57/h3-9,13,15-16,18-33,38-39,44-45H,2,10-12,14,17,34-37H2,1H3. The maximum absolute atomic E-state index is 2.62. The molecule has 5 aliphatic rings. The summed E-state index contributed by atoms with van der Waals surface area (Å²) in [5.74, 6) is 2.23. The van der Waals surface area contributed by atoms with E-state index in [0.29, 0.717) is 11.8 Å². The van der Waals surface area contributed by atoms with Gasteiger partial charge < -0.3 is 4.90 Å². The molecule has 2 bridgehead atoms. The van der Waals surface area contributed by atoms with Crippen molar-refractivity contribution in [2.45, 2.75) is 82.0 Å². The zero-order chi connectivity index (χ0) is 39.1. The van der Waals surface area contributed by atoms with Crippen LogP contribution in [0.2, 0.25) is 0 Å². The number of rotatable bonds is 6. The van der Waals surface area contributed by atoms with Gasteiger partial charge in [0.15, 0.2) is 0 Å². The van der Waals surface area contributed by atoms with E-state index in [1.54, 1.807) is 16.7 Å². The smallest absolute Gasteiger partial charge is 0.0543 e. The van der Waals surface area contributed by atoms with Crippen LogP contribution in [0.4, 0.5) is 17.1 Å². The topological polar surface area (TPSA) is 3.24 Å². The Balaban J connectivity index is 1.04. The number of fused-ring (bicyclic) bond motifs is 13. The predicted octanol–water partition coefficient (Wildman–Crippen LogP) is 15.8. The molecule has 1 nitrogen and oxygen atoms in total. The van der Waals surface area contributed by atoms with Gasteiger partial charge in [0.25, 0.3) is 0 Å². The Morgan fingerprint density at radius 2 is 1.10 bits per heavy atom. The number of anilines is 3. The first-order valence-electron chi connectivity index (χ1n) is 22.7. The lowest BCUT2D eigenvalue weighted by Crippen LogP contribution is -2.48. The van der Waals surface area contributed by atoms with Crippen LogP contribution in [0.1, 0.15) is 93.4 Å². The van der Waals surface area contributed by atoms with Gasteiger partial charge in [-0.3, -0.25) is 0 Å². The maximum atomic E-state index is 2.62. The molecule has 12 rings (SSSR count). The van der Waals surface area contributed by atoms with Gasteiger partial charge in [-0.15, -0.1) is 0 Å². The molecule has 7 aromatic carbocycles. The van der Waals surface area contributed by atoms with Gasteiger partial charge in [-0.25, -0.2) is 0 Å². The van der Waals surface area contributed by atoms with Gasteiger partial charge in [-0.05, 0) is 141 Å². The van der Waals surface area contributed by atoms with Crippen molar-refractivity contribution in [3.8, 4) is 44.5 Å². The van der Waals surface area contributed by atoms with E-state index in [2.05, 4.69) is 176 Å². The molecule has 4 unspecified atom stereocenters. The second kappa shape index (κ2) is 13.7. The van der Waals surface area contributed by atoms with E-state index in [1.807, 2.05) is 0 Å². The fraction of sp³-hybridized carbons (Fsp3) is 0.276. The van der Waals surface area contributed by atoms with Gasteiger partial charge in [0, 0.05) is 27.8 Å². The van der Waals surface area contributed by atoms with Gasteiger partial charge in [0.1, 0.15) is 0 Å². The highest BCUT2D eigenvalue weighted by atomic mass is 15.1. The minimum absolute atomic E-state index is 0.0702. The van der Waals surface area contributed by atoms with E-state index in [1.165, 1.54) is 131 Å². The van der Waals surface area contributed by atoms with Crippen molar-refractivity contribution >= 4 is 17.1 Å². The summed E-state index contributed by atoms with van der Waals surface area (Å²) < 4.78 is 0. The van der Waals surface area contributed by atoms with Crippen molar-refractivity contribution < 1.29 is 0 Å². The van der Waals surface area contributed by atoms with Crippen molar-refractivity contribution in [3.63, 3.8) is 0 Å². The molecular weight excluding hydrogens is 711 g/mol. The molecule has 4 atom stereocenters. The lowest BCUT2D eigenvalue weighted by atomic mass is 9.50. The maximum Gasteiger partial charge on any atom is 0.0543 e. The van der Waals surface area contributed by atoms with Crippen LogP contribution in [0, 0.1) is 17.8 Å².